The topological polar surface area (TPSA) is 55.8 Å². The van der Waals surface area contributed by atoms with Crippen molar-refractivity contribution >= 4 is 11.8 Å². The number of alkyl halides is 3. The fourth-order valence-electron chi connectivity index (χ4n) is 3.71. The van der Waals surface area contributed by atoms with E-state index in [1.165, 1.54) is 17.7 Å². The molecule has 2 fully saturated rings. The molecule has 6 nitrogen and oxygen atoms in total. The number of anilines is 1. The van der Waals surface area contributed by atoms with Crippen LogP contribution in [0.25, 0.3) is 0 Å². The van der Waals surface area contributed by atoms with Crippen molar-refractivity contribution in [2.75, 3.05) is 44.2 Å². The lowest BCUT2D eigenvalue weighted by molar-refractivity contribution is -0.143. The van der Waals surface area contributed by atoms with Gasteiger partial charge in [0.05, 0.1) is 13.1 Å². The molecule has 2 aliphatic rings. The van der Waals surface area contributed by atoms with Crippen molar-refractivity contribution in [3.05, 3.63) is 23.9 Å². The van der Waals surface area contributed by atoms with Gasteiger partial charge < -0.3 is 15.5 Å². The van der Waals surface area contributed by atoms with Crippen LogP contribution in [0.2, 0.25) is 0 Å². The number of guanidine groups is 1. The maximum atomic E-state index is 12.6. The van der Waals surface area contributed by atoms with Crippen LogP contribution in [-0.2, 0) is 6.54 Å². The zero-order chi connectivity index (χ0) is 20.0. The first-order valence-corrected chi connectivity index (χ1v) is 9.97. The minimum atomic E-state index is -4.15. The molecule has 0 saturated carbocycles. The van der Waals surface area contributed by atoms with Gasteiger partial charge in [-0.1, -0.05) is 0 Å². The third-order valence-corrected chi connectivity index (χ3v) is 5.02. The fraction of sp³-hybridized carbons (Fsp3) is 0.684. The summed E-state index contributed by atoms with van der Waals surface area (Å²) in [6.45, 7) is 5.21. The highest BCUT2D eigenvalue weighted by Gasteiger charge is 2.34. The van der Waals surface area contributed by atoms with Crippen LogP contribution in [0, 0.1) is 0 Å². The van der Waals surface area contributed by atoms with E-state index in [4.69, 9.17) is 0 Å². The van der Waals surface area contributed by atoms with Crippen molar-refractivity contribution < 1.29 is 13.2 Å². The van der Waals surface area contributed by atoms with E-state index in [-0.39, 0.29) is 6.04 Å². The summed E-state index contributed by atoms with van der Waals surface area (Å²) >= 11 is 0. The number of hydrogen-bond donors (Lipinski definition) is 2. The van der Waals surface area contributed by atoms with E-state index in [1.54, 1.807) is 0 Å². The Bertz CT molecular complexity index is 657. The molecule has 0 amide bonds. The first-order valence-electron chi connectivity index (χ1n) is 9.97. The van der Waals surface area contributed by atoms with E-state index in [1.807, 2.05) is 19.2 Å². The van der Waals surface area contributed by atoms with Gasteiger partial charge in [0.2, 0.25) is 0 Å². The van der Waals surface area contributed by atoms with E-state index >= 15 is 0 Å². The molecule has 0 radical (unpaired) electrons. The fourth-order valence-corrected chi connectivity index (χ4v) is 3.71. The van der Waals surface area contributed by atoms with Crippen LogP contribution in [0.15, 0.2) is 23.3 Å². The molecule has 0 aromatic carbocycles. The van der Waals surface area contributed by atoms with Crippen LogP contribution in [0.3, 0.4) is 0 Å². The molecule has 2 aliphatic heterocycles. The van der Waals surface area contributed by atoms with Gasteiger partial charge in [-0.2, -0.15) is 13.2 Å². The molecular weight excluding hydrogens is 369 g/mol. The number of aromatic nitrogens is 1. The predicted molar refractivity (Wildman–Crippen MR) is 105 cm³/mol. The van der Waals surface area contributed by atoms with E-state index < -0.39 is 12.7 Å². The Morgan fingerprint density at radius 3 is 2.79 bits per heavy atom. The third-order valence-electron chi connectivity index (χ3n) is 5.02. The first-order chi connectivity index (χ1) is 13.4. The highest BCUT2D eigenvalue weighted by Crippen LogP contribution is 2.20. The number of halogens is 3. The van der Waals surface area contributed by atoms with Gasteiger partial charge in [0, 0.05) is 45.0 Å². The second kappa shape index (κ2) is 9.45. The number of rotatable bonds is 6. The van der Waals surface area contributed by atoms with Crippen LogP contribution in [0.1, 0.15) is 31.7 Å². The van der Waals surface area contributed by atoms with Gasteiger partial charge in [-0.3, -0.25) is 4.90 Å². The summed E-state index contributed by atoms with van der Waals surface area (Å²) in [7, 11) is 0. The highest BCUT2D eigenvalue weighted by atomic mass is 19.4. The third kappa shape index (κ3) is 6.25. The van der Waals surface area contributed by atoms with Crippen molar-refractivity contribution in [2.45, 2.75) is 44.9 Å². The van der Waals surface area contributed by atoms with Crippen molar-refractivity contribution in [1.82, 2.24) is 20.5 Å². The van der Waals surface area contributed by atoms with E-state index in [0.717, 1.165) is 24.5 Å². The van der Waals surface area contributed by atoms with Crippen molar-refractivity contribution in [3.63, 3.8) is 0 Å². The second-order valence-corrected chi connectivity index (χ2v) is 7.39. The molecule has 3 rings (SSSR count). The molecule has 3 heterocycles. The lowest BCUT2D eigenvalue weighted by Crippen LogP contribution is -2.45. The Labute approximate surface area is 164 Å². The number of aliphatic imine (C=N–C) groups is 1. The smallest absolute Gasteiger partial charge is 0.357 e. The quantitative estimate of drug-likeness (QED) is 0.569. The summed E-state index contributed by atoms with van der Waals surface area (Å²) in [6.07, 6.45) is 0.734. The van der Waals surface area contributed by atoms with Gasteiger partial charge in [-0.25, -0.2) is 9.98 Å². The summed E-state index contributed by atoms with van der Waals surface area (Å²) in [6, 6.07) is 3.99. The number of nitrogens with one attached hydrogen (secondary N) is 2. The summed E-state index contributed by atoms with van der Waals surface area (Å²) in [5.41, 5.74) is 1.07. The van der Waals surface area contributed by atoms with E-state index in [9.17, 15) is 13.2 Å². The molecule has 28 heavy (non-hydrogen) atoms. The monoisotopic (exact) mass is 398 g/mol. The molecule has 1 aromatic rings. The average Bonchev–Trinajstić information content (AvgIpc) is 3.31. The molecule has 1 atom stereocenters. The van der Waals surface area contributed by atoms with Gasteiger partial charge in [0.25, 0.3) is 0 Å². The van der Waals surface area contributed by atoms with E-state index in [0.29, 0.717) is 38.6 Å². The summed E-state index contributed by atoms with van der Waals surface area (Å²) in [5, 5.41) is 6.46. The normalized spacial score (nSPS) is 21.4. The van der Waals surface area contributed by atoms with Crippen LogP contribution >= 0.6 is 0 Å². The Balaban J connectivity index is 1.56. The molecule has 2 saturated heterocycles. The molecular formula is C19H29F3N6. The molecule has 156 valence electrons. The van der Waals surface area contributed by atoms with Gasteiger partial charge in [0.1, 0.15) is 5.82 Å². The van der Waals surface area contributed by atoms with E-state index in [2.05, 4.69) is 31.6 Å². The summed E-state index contributed by atoms with van der Waals surface area (Å²) in [5.74, 6) is 1.63. The lowest BCUT2D eigenvalue weighted by Gasteiger charge is -2.20. The number of likely N-dealkylation sites (tertiary alicyclic amines) is 1. The molecule has 1 unspecified atom stereocenters. The molecule has 1 aromatic heterocycles. The standard InChI is InChI=1S/C19H29F3N6/c1-2-23-18(26-16-6-10-27(13-16)14-19(20,21)22)25-12-15-5-7-24-17(11-15)28-8-3-4-9-28/h5,7,11,16H,2-4,6,8-10,12-14H2,1H3,(H2,23,25,26). The lowest BCUT2D eigenvalue weighted by atomic mass is 10.2. The van der Waals surface area contributed by atoms with Crippen LogP contribution in [0.5, 0.6) is 0 Å². The zero-order valence-electron chi connectivity index (χ0n) is 16.3. The SMILES string of the molecule is CCNC(=NCc1ccnc(N2CCCC2)c1)NC1CCN(CC(F)(F)F)C1. The van der Waals surface area contributed by atoms with Crippen LogP contribution in [0.4, 0.5) is 19.0 Å². The predicted octanol–water partition coefficient (Wildman–Crippen LogP) is 2.37. The summed E-state index contributed by atoms with van der Waals surface area (Å²) in [4.78, 5) is 12.8. The van der Waals surface area contributed by atoms with Crippen molar-refractivity contribution in [3.8, 4) is 0 Å². The molecule has 2 N–H and O–H groups in total. The molecule has 0 bridgehead atoms. The Hall–Kier alpha value is -2.03. The minimum absolute atomic E-state index is 0.0299. The first kappa shape index (κ1) is 20.7. The number of nitrogens with zero attached hydrogens (tertiary/aromatic N) is 4. The summed E-state index contributed by atoms with van der Waals surface area (Å²) < 4.78 is 37.7. The van der Waals surface area contributed by atoms with Crippen LogP contribution < -0.4 is 15.5 Å². The molecule has 0 spiro atoms. The van der Waals surface area contributed by atoms with Gasteiger partial charge in [0.15, 0.2) is 5.96 Å². The molecule has 9 heteroatoms. The van der Waals surface area contributed by atoms with Gasteiger partial charge >= 0.3 is 6.18 Å². The average molecular weight is 398 g/mol. The van der Waals surface area contributed by atoms with Gasteiger partial charge in [-0.05, 0) is 43.9 Å². The Kier molecular flexibility index (Phi) is 6.98. The second-order valence-electron chi connectivity index (χ2n) is 7.39. The Morgan fingerprint density at radius 1 is 1.29 bits per heavy atom. The highest BCUT2D eigenvalue weighted by molar-refractivity contribution is 5.80. The zero-order valence-corrected chi connectivity index (χ0v) is 16.3. The largest absolute Gasteiger partial charge is 0.401 e. The van der Waals surface area contributed by atoms with Crippen molar-refractivity contribution in [1.29, 1.82) is 0 Å². The maximum absolute atomic E-state index is 12.6. The number of hydrogen-bond acceptors (Lipinski definition) is 4. The molecule has 0 aliphatic carbocycles. The van der Waals surface area contributed by atoms with Crippen molar-refractivity contribution in [2.24, 2.45) is 4.99 Å². The Morgan fingerprint density at radius 2 is 2.07 bits per heavy atom. The van der Waals surface area contributed by atoms with Gasteiger partial charge in [-0.15, -0.1) is 0 Å². The van der Waals surface area contributed by atoms with Crippen LogP contribution in [-0.4, -0.2) is 67.3 Å². The minimum Gasteiger partial charge on any atom is -0.357 e. The number of pyridine rings is 1. The maximum Gasteiger partial charge on any atom is 0.401 e.